The zero-order valence-electron chi connectivity index (χ0n) is 12.5. The van der Waals surface area contributed by atoms with E-state index in [2.05, 4.69) is 17.1 Å². The van der Waals surface area contributed by atoms with E-state index in [0.29, 0.717) is 17.0 Å². The van der Waals surface area contributed by atoms with Gasteiger partial charge in [0.05, 0.1) is 17.3 Å². The number of benzene rings is 1. The molecule has 1 atom stereocenters. The summed E-state index contributed by atoms with van der Waals surface area (Å²) < 4.78 is 19.0. The molecule has 23 heavy (non-hydrogen) atoms. The van der Waals surface area contributed by atoms with E-state index in [-0.39, 0.29) is 5.82 Å². The molecule has 3 rings (SSSR count). The fourth-order valence-corrected chi connectivity index (χ4v) is 2.41. The third kappa shape index (κ3) is 3.98. The molecule has 0 bridgehead atoms. The van der Waals surface area contributed by atoms with E-state index in [1.807, 2.05) is 0 Å². The summed E-state index contributed by atoms with van der Waals surface area (Å²) in [5, 5.41) is 18.7. The average Bonchev–Trinajstić information content (AvgIpc) is 2.98. The minimum Gasteiger partial charge on any atom is -0.473 e. The van der Waals surface area contributed by atoms with Gasteiger partial charge < -0.3 is 24.8 Å². The van der Waals surface area contributed by atoms with Crippen LogP contribution in [0.3, 0.4) is 0 Å². The molecule has 3 N–H and O–H groups in total. The SMILES string of the molecule is C[C@@H]1CN(c2ccc(F)c3ccoc23)CCN1.O=C(O)C(=O)O. The van der Waals surface area contributed by atoms with E-state index < -0.39 is 11.9 Å². The van der Waals surface area contributed by atoms with Crippen LogP contribution in [0.1, 0.15) is 6.92 Å². The molecular formula is C15H17FN2O5. The van der Waals surface area contributed by atoms with Crippen molar-refractivity contribution in [2.45, 2.75) is 13.0 Å². The number of halogens is 1. The number of rotatable bonds is 1. The van der Waals surface area contributed by atoms with Gasteiger partial charge in [-0.1, -0.05) is 0 Å². The molecule has 1 aliphatic rings. The van der Waals surface area contributed by atoms with Gasteiger partial charge in [0.1, 0.15) is 5.82 Å². The molecule has 0 unspecified atom stereocenters. The number of carboxylic acid groups (broad SMARTS) is 2. The molecule has 1 fully saturated rings. The van der Waals surface area contributed by atoms with Gasteiger partial charge in [0.15, 0.2) is 5.58 Å². The second-order valence-corrected chi connectivity index (χ2v) is 5.14. The van der Waals surface area contributed by atoms with Crippen LogP contribution < -0.4 is 10.2 Å². The molecule has 1 aliphatic heterocycles. The first-order valence-corrected chi connectivity index (χ1v) is 7.00. The number of nitrogens with one attached hydrogen (secondary N) is 1. The van der Waals surface area contributed by atoms with Gasteiger partial charge in [-0.3, -0.25) is 0 Å². The standard InChI is InChI=1S/C13H15FN2O.C2H2O4/c1-9-8-16(6-5-15-9)12-3-2-11(14)10-4-7-17-13(10)12;3-1(4)2(5)6/h2-4,7,9,15H,5-6,8H2,1H3;(H,3,4)(H,5,6)/t9-;/m1./s1. The number of nitrogens with zero attached hydrogens (tertiary/aromatic N) is 1. The molecule has 8 heteroatoms. The van der Waals surface area contributed by atoms with Crippen LogP contribution in [0, 0.1) is 5.82 Å². The summed E-state index contributed by atoms with van der Waals surface area (Å²) in [4.78, 5) is 20.4. The maximum absolute atomic E-state index is 13.6. The molecule has 2 heterocycles. The second-order valence-electron chi connectivity index (χ2n) is 5.14. The number of carbonyl (C=O) groups is 2. The zero-order valence-corrected chi connectivity index (χ0v) is 12.5. The van der Waals surface area contributed by atoms with E-state index >= 15 is 0 Å². The molecule has 0 radical (unpaired) electrons. The van der Waals surface area contributed by atoms with Crippen LogP contribution in [-0.2, 0) is 9.59 Å². The van der Waals surface area contributed by atoms with Crippen molar-refractivity contribution in [2.24, 2.45) is 0 Å². The summed E-state index contributed by atoms with van der Waals surface area (Å²) in [5.41, 5.74) is 1.64. The zero-order chi connectivity index (χ0) is 17.0. The lowest BCUT2D eigenvalue weighted by molar-refractivity contribution is -0.159. The minimum atomic E-state index is -1.82. The van der Waals surface area contributed by atoms with E-state index in [1.54, 1.807) is 18.4 Å². The molecule has 124 valence electrons. The predicted molar refractivity (Wildman–Crippen MR) is 81.1 cm³/mol. The van der Waals surface area contributed by atoms with Crippen molar-refractivity contribution in [1.82, 2.24) is 5.32 Å². The fraction of sp³-hybridized carbons (Fsp3) is 0.333. The Morgan fingerprint density at radius 1 is 1.30 bits per heavy atom. The van der Waals surface area contributed by atoms with Crippen LogP contribution >= 0.6 is 0 Å². The lowest BCUT2D eigenvalue weighted by atomic mass is 10.1. The number of anilines is 1. The van der Waals surface area contributed by atoms with E-state index in [1.165, 1.54) is 6.07 Å². The first-order chi connectivity index (χ1) is 10.9. The molecule has 2 aromatic rings. The second kappa shape index (κ2) is 7.10. The van der Waals surface area contributed by atoms with Gasteiger partial charge >= 0.3 is 11.9 Å². The van der Waals surface area contributed by atoms with Crippen LogP contribution in [-0.4, -0.2) is 47.8 Å². The summed E-state index contributed by atoms with van der Waals surface area (Å²) in [6, 6.07) is 5.44. The number of piperazine rings is 1. The summed E-state index contributed by atoms with van der Waals surface area (Å²) in [5.74, 6) is -3.87. The maximum Gasteiger partial charge on any atom is 0.414 e. The highest BCUT2D eigenvalue weighted by atomic mass is 19.1. The van der Waals surface area contributed by atoms with Gasteiger partial charge in [-0.25, -0.2) is 14.0 Å². The summed E-state index contributed by atoms with van der Waals surface area (Å²) in [6.07, 6.45) is 1.54. The molecular weight excluding hydrogens is 307 g/mol. The van der Waals surface area contributed by atoms with Gasteiger partial charge in [-0.2, -0.15) is 0 Å². The van der Waals surface area contributed by atoms with Gasteiger partial charge in [0, 0.05) is 25.7 Å². The van der Waals surface area contributed by atoms with E-state index in [4.69, 9.17) is 24.2 Å². The Balaban J connectivity index is 0.000000277. The predicted octanol–water partition coefficient (Wildman–Crippen LogP) is 1.53. The third-order valence-electron chi connectivity index (χ3n) is 3.44. The lowest BCUT2D eigenvalue weighted by Crippen LogP contribution is -2.49. The summed E-state index contributed by atoms with van der Waals surface area (Å²) >= 11 is 0. The highest BCUT2D eigenvalue weighted by Gasteiger charge is 2.19. The maximum atomic E-state index is 13.6. The van der Waals surface area contributed by atoms with Crippen LogP contribution in [0.25, 0.3) is 11.0 Å². The van der Waals surface area contributed by atoms with Crippen molar-refractivity contribution in [1.29, 1.82) is 0 Å². The highest BCUT2D eigenvalue weighted by Crippen LogP contribution is 2.30. The summed E-state index contributed by atoms with van der Waals surface area (Å²) in [7, 11) is 0. The first-order valence-electron chi connectivity index (χ1n) is 7.00. The number of fused-ring (bicyclic) bond motifs is 1. The van der Waals surface area contributed by atoms with Crippen molar-refractivity contribution in [2.75, 3.05) is 24.5 Å². The molecule has 0 spiro atoms. The smallest absolute Gasteiger partial charge is 0.414 e. The number of aliphatic carboxylic acids is 2. The Labute approximate surface area is 131 Å². The Bertz CT molecular complexity index is 703. The quantitative estimate of drug-likeness (QED) is 0.683. The number of furan rings is 1. The number of carboxylic acids is 2. The van der Waals surface area contributed by atoms with Crippen LogP contribution in [0.5, 0.6) is 0 Å². The van der Waals surface area contributed by atoms with E-state index in [0.717, 1.165) is 25.3 Å². The van der Waals surface area contributed by atoms with Gasteiger partial charge in [0.25, 0.3) is 0 Å². The summed E-state index contributed by atoms with van der Waals surface area (Å²) in [6.45, 7) is 4.93. The highest BCUT2D eigenvalue weighted by molar-refractivity contribution is 6.27. The van der Waals surface area contributed by atoms with Crippen molar-refractivity contribution in [3.63, 3.8) is 0 Å². The Morgan fingerprint density at radius 2 is 2.00 bits per heavy atom. The molecule has 0 aliphatic carbocycles. The number of hydrogen-bond donors (Lipinski definition) is 3. The number of hydrogen-bond acceptors (Lipinski definition) is 5. The Hall–Kier alpha value is -2.61. The van der Waals surface area contributed by atoms with Crippen molar-refractivity contribution >= 4 is 28.6 Å². The van der Waals surface area contributed by atoms with Crippen LogP contribution in [0.2, 0.25) is 0 Å². The van der Waals surface area contributed by atoms with Crippen molar-refractivity contribution in [3.8, 4) is 0 Å². The molecule has 1 saturated heterocycles. The topological polar surface area (TPSA) is 103 Å². The molecule has 1 aromatic heterocycles. The molecule has 0 amide bonds. The van der Waals surface area contributed by atoms with Gasteiger partial charge in [-0.05, 0) is 25.1 Å². The van der Waals surface area contributed by atoms with Crippen molar-refractivity contribution < 1.29 is 28.6 Å². The van der Waals surface area contributed by atoms with E-state index in [9.17, 15) is 4.39 Å². The Kier molecular flexibility index (Phi) is 5.17. The molecule has 0 saturated carbocycles. The average molecular weight is 324 g/mol. The monoisotopic (exact) mass is 324 g/mol. The van der Waals surface area contributed by atoms with Gasteiger partial charge in [-0.15, -0.1) is 0 Å². The molecule has 1 aromatic carbocycles. The van der Waals surface area contributed by atoms with Crippen LogP contribution in [0.15, 0.2) is 28.9 Å². The minimum absolute atomic E-state index is 0.222. The largest absolute Gasteiger partial charge is 0.473 e. The van der Waals surface area contributed by atoms with Crippen molar-refractivity contribution in [3.05, 3.63) is 30.3 Å². The first kappa shape index (κ1) is 16.8. The third-order valence-corrected chi connectivity index (χ3v) is 3.44. The molecule has 7 nitrogen and oxygen atoms in total. The normalized spacial score (nSPS) is 17.5. The van der Waals surface area contributed by atoms with Gasteiger partial charge in [0.2, 0.25) is 0 Å². The fourth-order valence-electron chi connectivity index (χ4n) is 2.41. The Morgan fingerprint density at radius 3 is 2.61 bits per heavy atom. The lowest BCUT2D eigenvalue weighted by Gasteiger charge is -2.33. The van der Waals surface area contributed by atoms with Crippen LogP contribution in [0.4, 0.5) is 10.1 Å².